The number of carbonyl (C=O) groups excluding carboxylic acids is 1. The Labute approximate surface area is 95.8 Å². The maximum Gasteiger partial charge on any atom is 0.306 e. The SMILES string of the molecule is CCNC(=O)C(C)N1CC(C(C)C(=O)O)C1. The van der Waals surface area contributed by atoms with E-state index in [1.54, 1.807) is 6.92 Å². The first kappa shape index (κ1) is 13.0. The van der Waals surface area contributed by atoms with E-state index < -0.39 is 5.97 Å². The first-order chi connectivity index (χ1) is 7.47. The minimum atomic E-state index is -0.754. The fourth-order valence-electron chi connectivity index (χ4n) is 1.87. The predicted octanol–water partition coefficient (Wildman–Crippen LogP) is 0.164. The fraction of sp³-hybridized carbons (Fsp3) is 0.818. The normalized spacial score (nSPS) is 20.9. The molecule has 0 aromatic carbocycles. The molecule has 0 bridgehead atoms. The van der Waals surface area contributed by atoms with Crippen molar-refractivity contribution in [1.82, 2.24) is 10.2 Å². The molecule has 2 unspecified atom stereocenters. The monoisotopic (exact) mass is 228 g/mol. The number of likely N-dealkylation sites (tertiary alicyclic amines) is 1. The van der Waals surface area contributed by atoms with E-state index in [1.807, 2.05) is 18.7 Å². The number of hydrogen-bond acceptors (Lipinski definition) is 3. The highest BCUT2D eigenvalue weighted by Crippen LogP contribution is 2.25. The summed E-state index contributed by atoms with van der Waals surface area (Å²) in [5, 5.41) is 11.6. The highest BCUT2D eigenvalue weighted by molar-refractivity contribution is 5.81. The van der Waals surface area contributed by atoms with E-state index in [2.05, 4.69) is 5.32 Å². The molecule has 16 heavy (non-hydrogen) atoms. The van der Waals surface area contributed by atoms with Crippen molar-refractivity contribution in [3.05, 3.63) is 0 Å². The lowest BCUT2D eigenvalue weighted by Gasteiger charge is -2.44. The van der Waals surface area contributed by atoms with Gasteiger partial charge in [-0.15, -0.1) is 0 Å². The summed E-state index contributed by atoms with van der Waals surface area (Å²) in [4.78, 5) is 24.3. The van der Waals surface area contributed by atoms with Crippen LogP contribution in [0.2, 0.25) is 0 Å². The summed E-state index contributed by atoms with van der Waals surface area (Å²) < 4.78 is 0. The van der Waals surface area contributed by atoms with Crippen LogP contribution in [0.3, 0.4) is 0 Å². The third-order valence-corrected chi connectivity index (χ3v) is 3.31. The van der Waals surface area contributed by atoms with Gasteiger partial charge in [0.15, 0.2) is 0 Å². The Morgan fingerprint density at radius 3 is 2.44 bits per heavy atom. The molecule has 1 aliphatic rings. The van der Waals surface area contributed by atoms with Crippen molar-refractivity contribution in [2.24, 2.45) is 11.8 Å². The van der Waals surface area contributed by atoms with Crippen LogP contribution in [0, 0.1) is 11.8 Å². The Bertz CT molecular complexity index is 274. The van der Waals surface area contributed by atoms with Gasteiger partial charge in [-0.2, -0.15) is 0 Å². The molecule has 0 aliphatic carbocycles. The predicted molar refractivity (Wildman–Crippen MR) is 60.0 cm³/mol. The van der Waals surface area contributed by atoms with Crippen molar-refractivity contribution < 1.29 is 14.7 Å². The smallest absolute Gasteiger partial charge is 0.306 e. The van der Waals surface area contributed by atoms with Crippen molar-refractivity contribution in [3.63, 3.8) is 0 Å². The summed E-state index contributed by atoms with van der Waals surface area (Å²) in [6.45, 7) is 7.49. The Morgan fingerprint density at radius 2 is 2.00 bits per heavy atom. The largest absolute Gasteiger partial charge is 0.481 e. The number of hydrogen-bond donors (Lipinski definition) is 2. The van der Waals surface area contributed by atoms with E-state index in [-0.39, 0.29) is 23.8 Å². The quantitative estimate of drug-likeness (QED) is 0.703. The maximum absolute atomic E-state index is 11.5. The molecule has 0 aromatic rings. The Kier molecular flexibility index (Phi) is 4.29. The molecule has 1 saturated heterocycles. The van der Waals surface area contributed by atoms with E-state index in [0.717, 1.165) is 0 Å². The summed E-state index contributed by atoms with van der Waals surface area (Å²) in [5.41, 5.74) is 0. The van der Waals surface area contributed by atoms with Crippen LogP contribution in [0.15, 0.2) is 0 Å². The average Bonchev–Trinajstić information content (AvgIpc) is 2.15. The van der Waals surface area contributed by atoms with Crippen molar-refractivity contribution in [2.75, 3.05) is 19.6 Å². The lowest BCUT2D eigenvalue weighted by molar-refractivity contribution is -0.146. The van der Waals surface area contributed by atoms with Gasteiger partial charge in [0.1, 0.15) is 0 Å². The van der Waals surface area contributed by atoms with Crippen LogP contribution >= 0.6 is 0 Å². The van der Waals surface area contributed by atoms with E-state index in [1.165, 1.54) is 0 Å². The van der Waals surface area contributed by atoms with Gasteiger partial charge in [0.05, 0.1) is 12.0 Å². The van der Waals surface area contributed by atoms with E-state index in [0.29, 0.717) is 19.6 Å². The van der Waals surface area contributed by atoms with Gasteiger partial charge in [0, 0.05) is 19.6 Å². The van der Waals surface area contributed by atoms with Crippen LogP contribution in [-0.4, -0.2) is 47.6 Å². The number of nitrogens with zero attached hydrogens (tertiary/aromatic N) is 1. The highest BCUT2D eigenvalue weighted by Gasteiger charge is 2.38. The van der Waals surface area contributed by atoms with Gasteiger partial charge in [-0.05, 0) is 19.8 Å². The molecular formula is C11H20N2O3. The molecule has 1 heterocycles. The molecule has 0 spiro atoms. The third-order valence-electron chi connectivity index (χ3n) is 3.31. The highest BCUT2D eigenvalue weighted by atomic mass is 16.4. The van der Waals surface area contributed by atoms with Gasteiger partial charge in [0.2, 0.25) is 5.91 Å². The standard InChI is InChI=1S/C11H20N2O3/c1-4-12-10(14)8(3)13-5-9(6-13)7(2)11(15)16/h7-9H,4-6H2,1-3H3,(H,12,14)(H,15,16). The van der Waals surface area contributed by atoms with Gasteiger partial charge < -0.3 is 10.4 Å². The summed E-state index contributed by atoms with van der Waals surface area (Å²) in [6.07, 6.45) is 0. The zero-order chi connectivity index (χ0) is 12.3. The van der Waals surface area contributed by atoms with Gasteiger partial charge in [-0.25, -0.2) is 0 Å². The molecule has 1 amide bonds. The Hall–Kier alpha value is -1.10. The topological polar surface area (TPSA) is 69.6 Å². The number of carbonyl (C=O) groups is 2. The van der Waals surface area contributed by atoms with Crippen LogP contribution in [0.5, 0.6) is 0 Å². The fourth-order valence-corrected chi connectivity index (χ4v) is 1.87. The summed E-state index contributed by atoms with van der Waals surface area (Å²) in [7, 11) is 0. The van der Waals surface area contributed by atoms with Crippen LogP contribution in [0.25, 0.3) is 0 Å². The van der Waals surface area contributed by atoms with Crippen LogP contribution in [0.4, 0.5) is 0 Å². The summed E-state index contributed by atoms with van der Waals surface area (Å²) in [6, 6.07) is -0.155. The molecular weight excluding hydrogens is 208 g/mol. The first-order valence-electron chi connectivity index (χ1n) is 5.72. The van der Waals surface area contributed by atoms with Crippen molar-refractivity contribution in [2.45, 2.75) is 26.8 Å². The number of likely N-dealkylation sites (N-methyl/N-ethyl adjacent to an activating group) is 1. The molecule has 1 aliphatic heterocycles. The molecule has 5 heteroatoms. The van der Waals surface area contributed by atoms with Crippen molar-refractivity contribution in [1.29, 1.82) is 0 Å². The van der Waals surface area contributed by atoms with Gasteiger partial charge in [-0.3, -0.25) is 14.5 Å². The number of rotatable bonds is 5. The van der Waals surface area contributed by atoms with Crippen LogP contribution in [-0.2, 0) is 9.59 Å². The van der Waals surface area contributed by atoms with Gasteiger partial charge in [0.25, 0.3) is 0 Å². The lowest BCUT2D eigenvalue weighted by Crippen LogP contribution is -2.58. The third kappa shape index (κ3) is 2.72. The zero-order valence-electron chi connectivity index (χ0n) is 10.1. The zero-order valence-corrected chi connectivity index (χ0v) is 10.1. The summed E-state index contributed by atoms with van der Waals surface area (Å²) >= 11 is 0. The second-order valence-electron chi connectivity index (χ2n) is 4.41. The van der Waals surface area contributed by atoms with Crippen molar-refractivity contribution in [3.8, 4) is 0 Å². The molecule has 1 rings (SSSR count). The van der Waals surface area contributed by atoms with Crippen LogP contribution < -0.4 is 5.32 Å². The number of aliphatic carboxylic acids is 1. The van der Waals surface area contributed by atoms with E-state index in [4.69, 9.17) is 5.11 Å². The number of nitrogens with one attached hydrogen (secondary N) is 1. The van der Waals surface area contributed by atoms with Crippen LogP contribution in [0.1, 0.15) is 20.8 Å². The molecule has 92 valence electrons. The molecule has 2 N–H and O–H groups in total. The number of carboxylic acids is 1. The minimum Gasteiger partial charge on any atom is -0.481 e. The van der Waals surface area contributed by atoms with Crippen molar-refractivity contribution >= 4 is 11.9 Å². The molecule has 1 fully saturated rings. The second kappa shape index (κ2) is 5.30. The average molecular weight is 228 g/mol. The number of amides is 1. The lowest BCUT2D eigenvalue weighted by atomic mass is 9.86. The maximum atomic E-state index is 11.5. The molecule has 2 atom stereocenters. The molecule has 5 nitrogen and oxygen atoms in total. The van der Waals surface area contributed by atoms with E-state index in [9.17, 15) is 9.59 Å². The second-order valence-corrected chi connectivity index (χ2v) is 4.41. The van der Waals surface area contributed by atoms with E-state index >= 15 is 0 Å². The molecule has 0 aromatic heterocycles. The van der Waals surface area contributed by atoms with Gasteiger partial charge >= 0.3 is 5.97 Å². The Morgan fingerprint density at radius 1 is 1.44 bits per heavy atom. The molecule has 0 saturated carbocycles. The minimum absolute atomic E-state index is 0.0175. The first-order valence-corrected chi connectivity index (χ1v) is 5.72. The molecule has 0 radical (unpaired) electrons. The summed E-state index contributed by atoms with van der Waals surface area (Å²) in [5.74, 6) is -0.883. The van der Waals surface area contributed by atoms with Gasteiger partial charge in [-0.1, -0.05) is 6.92 Å². The number of carboxylic acid groups (broad SMARTS) is 1. The Balaban J connectivity index is 2.35.